The number of nitrogens with one attached hydrogen (secondary N) is 1. The summed E-state index contributed by atoms with van der Waals surface area (Å²) in [6.45, 7) is 3.87. The van der Waals surface area contributed by atoms with Gasteiger partial charge in [-0.3, -0.25) is 19.1 Å². The summed E-state index contributed by atoms with van der Waals surface area (Å²) in [5.41, 5.74) is 1.69. The predicted molar refractivity (Wildman–Crippen MR) is 113 cm³/mol. The van der Waals surface area contributed by atoms with Crippen molar-refractivity contribution in [2.24, 2.45) is 18.9 Å². The molecule has 1 saturated carbocycles. The number of aryl methyl sites for hydroxylation is 1. The van der Waals surface area contributed by atoms with Crippen LogP contribution in [0.5, 0.6) is 0 Å². The molecular weight excluding hydrogens is 382 g/mol. The highest BCUT2D eigenvalue weighted by molar-refractivity contribution is 5.91. The molecule has 0 bridgehead atoms. The Morgan fingerprint density at radius 3 is 2.50 bits per heavy atom. The zero-order chi connectivity index (χ0) is 21.3. The van der Waals surface area contributed by atoms with Crippen molar-refractivity contribution >= 4 is 23.4 Å². The lowest BCUT2D eigenvalue weighted by Gasteiger charge is -2.33. The number of aromatic nitrogens is 2. The van der Waals surface area contributed by atoms with Crippen LogP contribution in [0.4, 0.5) is 5.69 Å². The summed E-state index contributed by atoms with van der Waals surface area (Å²) >= 11 is 0. The van der Waals surface area contributed by atoms with Crippen molar-refractivity contribution in [3.8, 4) is 0 Å². The molecule has 1 atom stereocenters. The molecule has 4 rings (SSSR count). The number of likely N-dealkylation sites (tertiary alicyclic amines) is 2. The molecule has 30 heavy (non-hydrogen) atoms. The third kappa shape index (κ3) is 4.37. The lowest BCUT2D eigenvalue weighted by molar-refractivity contribution is -0.137. The van der Waals surface area contributed by atoms with Gasteiger partial charge in [-0.15, -0.1) is 0 Å². The molecule has 164 valence electrons. The van der Waals surface area contributed by atoms with E-state index in [1.165, 1.54) is 12.8 Å². The predicted octanol–water partition coefficient (Wildman–Crippen LogP) is 2.09. The minimum Gasteiger partial charge on any atom is -0.342 e. The second-order valence-electron chi connectivity index (χ2n) is 9.17. The van der Waals surface area contributed by atoms with Crippen LogP contribution in [0.2, 0.25) is 0 Å². The van der Waals surface area contributed by atoms with Crippen molar-refractivity contribution in [1.29, 1.82) is 0 Å². The normalized spacial score (nSPS) is 23.4. The molecule has 2 aliphatic heterocycles. The Bertz CT molecular complexity index is 806. The lowest BCUT2D eigenvalue weighted by Crippen LogP contribution is -2.43. The molecular formula is C22H33N5O3. The molecule has 2 saturated heterocycles. The fraction of sp³-hybridized carbons (Fsp3) is 0.727. The molecule has 0 aromatic carbocycles. The van der Waals surface area contributed by atoms with Gasteiger partial charge in [0.2, 0.25) is 17.7 Å². The Labute approximate surface area is 178 Å². The zero-order valence-electron chi connectivity index (χ0n) is 18.1. The summed E-state index contributed by atoms with van der Waals surface area (Å²) < 4.78 is 1.74. The molecule has 1 unspecified atom stereocenters. The maximum Gasteiger partial charge on any atom is 0.227 e. The largest absolute Gasteiger partial charge is 0.342 e. The topological polar surface area (TPSA) is 87.5 Å². The summed E-state index contributed by atoms with van der Waals surface area (Å²) in [5.74, 6) is 0.373. The van der Waals surface area contributed by atoms with E-state index in [-0.39, 0.29) is 29.6 Å². The van der Waals surface area contributed by atoms with Gasteiger partial charge in [0.05, 0.1) is 23.5 Å². The van der Waals surface area contributed by atoms with Crippen LogP contribution in [0.25, 0.3) is 0 Å². The van der Waals surface area contributed by atoms with Crippen LogP contribution < -0.4 is 5.32 Å². The molecule has 0 radical (unpaired) electrons. The molecule has 3 amide bonds. The first-order chi connectivity index (χ1) is 14.4. The third-order valence-corrected chi connectivity index (χ3v) is 7.18. The summed E-state index contributed by atoms with van der Waals surface area (Å²) in [7, 11) is 1.85. The van der Waals surface area contributed by atoms with Gasteiger partial charge in [-0.2, -0.15) is 5.10 Å². The second-order valence-corrected chi connectivity index (χ2v) is 9.17. The van der Waals surface area contributed by atoms with Crippen LogP contribution in [0.1, 0.15) is 57.1 Å². The molecule has 1 aromatic heterocycles. The van der Waals surface area contributed by atoms with E-state index in [2.05, 4.69) is 10.4 Å². The Hall–Kier alpha value is -2.38. The van der Waals surface area contributed by atoms with Crippen molar-refractivity contribution < 1.29 is 14.4 Å². The molecule has 8 heteroatoms. The number of amides is 3. The summed E-state index contributed by atoms with van der Waals surface area (Å²) in [6.07, 6.45) is 8.71. The van der Waals surface area contributed by atoms with Gasteiger partial charge in [-0.1, -0.05) is 12.8 Å². The first-order valence-corrected chi connectivity index (χ1v) is 11.3. The van der Waals surface area contributed by atoms with Gasteiger partial charge in [0, 0.05) is 45.6 Å². The number of nitrogens with zero attached hydrogens (tertiary/aromatic N) is 4. The molecule has 3 fully saturated rings. The number of hydrogen-bond acceptors (Lipinski definition) is 4. The van der Waals surface area contributed by atoms with Gasteiger partial charge >= 0.3 is 0 Å². The smallest absolute Gasteiger partial charge is 0.227 e. The Morgan fingerprint density at radius 1 is 1.17 bits per heavy atom. The van der Waals surface area contributed by atoms with Gasteiger partial charge in [-0.25, -0.2) is 0 Å². The van der Waals surface area contributed by atoms with Crippen LogP contribution in [0.15, 0.2) is 6.20 Å². The summed E-state index contributed by atoms with van der Waals surface area (Å²) in [6, 6.07) is 0.350. The SMILES string of the molecule is Cc1c(NC(=O)CC2CCN(C(=O)C3CC(=O)N(C4CCCC4)C3)CC2)cnn1C. The maximum atomic E-state index is 13.0. The molecule has 0 spiro atoms. The van der Waals surface area contributed by atoms with Crippen LogP contribution in [-0.2, 0) is 21.4 Å². The lowest BCUT2D eigenvalue weighted by atomic mass is 9.92. The number of anilines is 1. The van der Waals surface area contributed by atoms with Crippen molar-refractivity contribution in [3.63, 3.8) is 0 Å². The minimum absolute atomic E-state index is 0.00414. The monoisotopic (exact) mass is 415 g/mol. The van der Waals surface area contributed by atoms with Gasteiger partial charge in [-0.05, 0) is 38.5 Å². The quantitative estimate of drug-likeness (QED) is 0.798. The third-order valence-electron chi connectivity index (χ3n) is 7.18. The Balaban J connectivity index is 1.23. The summed E-state index contributed by atoms with van der Waals surface area (Å²) in [5, 5.41) is 7.10. The van der Waals surface area contributed by atoms with E-state index in [1.807, 2.05) is 23.8 Å². The van der Waals surface area contributed by atoms with Crippen molar-refractivity contribution in [2.75, 3.05) is 25.0 Å². The summed E-state index contributed by atoms with van der Waals surface area (Å²) in [4.78, 5) is 41.7. The van der Waals surface area contributed by atoms with E-state index in [0.717, 1.165) is 37.1 Å². The molecule has 8 nitrogen and oxygen atoms in total. The molecule has 1 aromatic rings. The highest BCUT2D eigenvalue weighted by Crippen LogP contribution is 2.31. The first-order valence-electron chi connectivity index (χ1n) is 11.3. The van der Waals surface area contributed by atoms with Crippen molar-refractivity contribution in [3.05, 3.63) is 11.9 Å². The second kappa shape index (κ2) is 8.78. The minimum atomic E-state index is -0.188. The van der Waals surface area contributed by atoms with E-state index >= 15 is 0 Å². The molecule has 3 heterocycles. The van der Waals surface area contributed by atoms with Crippen LogP contribution in [0, 0.1) is 18.8 Å². The van der Waals surface area contributed by atoms with Crippen LogP contribution in [0.3, 0.4) is 0 Å². The van der Waals surface area contributed by atoms with Gasteiger partial charge in [0.1, 0.15) is 0 Å². The average Bonchev–Trinajstić information content (AvgIpc) is 3.45. The Kier molecular flexibility index (Phi) is 6.11. The van der Waals surface area contributed by atoms with Crippen molar-refractivity contribution in [1.82, 2.24) is 19.6 Å². The fourth-order valence-corrected chi connectivity index (χ4v) is 5.17. The van der Waals surface area contributed by atoms with Gasteiger partial charge in [0.25, 0.3) is 0 Å². The van der Waals surface area contributed by atoms with E-state index in [4.69, 9.17) is 0 Å². The highest BCUT2D eigenvalue weighted by atomic mass is 16.2. The molecule has 3 aliphatic rings. The Morgan fingerprint density at radius 2 is 1.87 bits per heavy atom. The number of hydrogen-bond donors (Lipinski definition) is 1. The van der Waals surface area contributed by atoms with Gasteiger partial charge in [0.15, 0.2) is 0 Å². The van der Waals surface area contributed by atoms with Crippen molar-refractivity contribution in [2.45, 2.75) is 64.3 Å². The fourth-order valence-electron chi connectivity index (χ4n) is 5.17. The average molecular weight is 416 g/mol. The van der Waals surface area contributed by atoms with Gasteiger partial charge < -0.3 is 15.1 Å². The standard InChI is InChI=1S/C22H33N5O3/c1-15-19(13-23-25(15)2)24-20(28)11-16-7-9-26(10-8-16)22(30)17-12-21(29)27(14-17)18-5-3-4-6-18/h13,16-18H,3-12,14H2,1-2H3,(H,24,28). The van der Waals surface area contributed by atoms with E-state index < -0.39 is 0 Å². The number of piperidine rings is 1. The molecule has 1 aliphatic carbocycles. The van der Waals surface area contributed by atoms with E-state index in [1.54, 1.807) is 10.9 Å². The maximum absolute atomic E-state index is 13.0. The number of carbonyl (C=O) groups is 3. The van der Waals surface area contributed by atoms with E-state index in [9.17, 15) is 14.4 Å². The number of carbonyl (C=O) groups excluding carboxylic acids is 3. The van der Waals surface area contributed by atoms with Crippen LogP contribution >= 0.6 is 0 Å². The first kappa shape index (κ1) is 20.9. The van der Waals surface area contributed by atoms with Crippen LogP contribution in [-0.4, -0.2) is 63.0 Å². The number of rotatable bonds is 5. The highest BCUT2D eigenvalue weighted by Gasteiger charge is 2.40. The van der Waals surface area contributed by atoms with E-state index in [0.29, 0.717) is 38.5 Å². The molecule has 1 N–H and O–H groups in total. The zero-order valence-corrected chi connectivity index (χ0v) is 18.1.